The second-order valence-electron chi connectivity index (χ2n) is 4.62. The summed E-state index contributed by atoms with van der Waals surface area (Å²) in [4.78, 5) is 11.7. The number of amides is 1. The minimum atomic E-state index is -0.00377. The van der Waals surface area contributed by atoms with Crippen molar-refractivity contribution in [1.29, 1.82) is 0 Å². The number of aryl methyl sites for hydroxylation is 1. The maximum atomic E-state index is 11.7. The molecular formula is C14H19NO2. The molecule has 0 radical (unpaired) electrons. The van der Waals surface area contributed by atoms with E-state index in [1.807, 2.05) is 24.3 Å². The molecule has 1 heterocycles. The van der Waals surface area contributed by atoms with Crippen LogP contribution in [0.15, 0.2) is 24.3 Å². The summed E-state index contributed by atoms with van der Waals surface area (Å²) < 4.78 is 5.28. The first-order valence-electron chi connectivity index (χ1n) is 6.14. The molecule has 17 heavy (non-hydrogen) atoms. The highest BCUT2D eigenvalue weighted by Crippen LogP contribution is 2.24. The van der Waals surface area contributed by atoms with Crippen molar-refractivity contribution in [3.05, 3.63) is 35.4 Å². The van der Waals surface area contributed by atoms with Crippen molar-refractivity contribution >= 4 is 5.91 Å². The van der Waals surface area contributed by atoms with E-state index in [1.165, 1.54) is 0 Å². The van der Waals surface area contributed by atoms with Crippen LogP contribution in [0.5, 0.6) is 0 Å². The number of hydrogen-bond acceptors (Lipinski definition) is 2. The monoisotopic (exact) mass is 233 g/mol. The zero-order valence-electron chi connectivity index (χ0n) is 10.4. The Labute approximate surface area is 102 Å². The molecule has 0 aromatic heterocycles. The standard InChI is InChI=1S/C14H19NO2/c1-10(13-9-17-13)7-8-11-5-3-4-6-12(11)14(16)15-2/h3-6,10,13H,7-9H2,1-2H3,(H,15,16). The number of rotatable bonds is 5. The van der Waals surface area contributed by atoms with Crippen LogP contribution >= 0.6 is 0 Å². The Kier molecular flexibility index (Phi) is 3.79. The van der Waals surface area contributed by atoms with E-state index in [0.29, 0.717) is 12.0 Å². The number of carbonyl (C=O) groups excluding carboxylic acids is 1. The molecule has 2 unspecified atom stereocenters. The molecule has 1 N–H and O–H groups in total. The number of epoxide rings is 1. The summed E-state index contributed by atoms with van der Waals surface area (Å²) in [6.45, 7) is 3.11. The van der Waals surface area contributed by atoms with Gasteiger partial charge in [0.2, 0.25) is 0 Å². The molecule has 2 rings (SSSR count). The lowest BCUT2D eigenvalue weighted by molar-refractivity contribution is 0.0962. The summed E-state index contributed by atoms with van der Waals surface area (Å²) >= 11 is 0. The minimum absolute atomic E-state index is 0.00377. The first-order valence-corrected chi connectivity index (χ1v) is 6.14. The summed E-state index contributed by atoms with van der Waals surface area (Å²) in [6, 6.07) is 7.80. The highest BCUT2D eigenvalue weighted by molar-refractivity contribution is 5.95. The molecule has 1 aliphatic rings. The number of nitrogens with one attached hydrogen (secondary N) is 1. The first-order chi connectivity index (χ1) is 8.22. The van der Waals surface area contributed by atoms with Crippen LogP contribution in [0.4, 0.5) is 0 Å². The van der Waals surface area contributed by atoms with Crippen molar-refractivity contribution in [2.24, 2.45) is 5.92 Å². The topological polar surface area (TPSA) is 41.6 Å². The van der Waals surface area contributed by atoms with Gasteiger partial charge in [0.05, 0.1) is 12.7 Å². The predicted molar refractivity (Wildman–Crippen MR) is 67.1 cm³/mol. The molecule has 1 aromatic carbocycles. The van der Waals surface area contributed by atoms with Crippen LogP contribution in [-0.4, -0.2) is 25.7 Å². The second kappa shape index (κ2) is 5.32. The van der Waals surface area contributed by atoms with Crippen LogP contribution in [0.2, 0.25) is 0 Å². The van der Waals surface area contributed by atoms with E-state index < -0.39 is 0 Å². The molecule has 0 saturated carbocycles. The molecule has 3 nitrogen and oxygen atoms in total. The van der Waals surface area contributed by atoms with Gasteiger partial charge in [-0.15, -0.1) is 0 Å². The zero-order chi connectivity index (χ0) is 12.3. The Morgan fingerprint density at radius 3 is 2.88 bits per heavy atom. The molecular weight excluding hydrogens is 214 g/mol. The van der Waals surface area contributed by atoms with Crippen molar-refractivity contribution in [3.63, 3.8) is 0 Å². The third-order valence-corrected chi connectivity index (χ3v) is 3.35. The summed E-state index contributed by atoms with van der Waals surface area (Å²) in [7, 11) is 1.67. The Hall–Kier alpha value is -1.35. The van der Waals surface area contributed by atoms with Gasteiger partial charge >= 0.3 is 0 Å². The quantitative estimate of drug-likeness (QED) is 0.790. The lowest BCUT2D eigenvalue weighted by Crippen LogP contribution is -2.19. The van der Waals surface area contributed by atoms with Gasteiger partial charge in [0.25, 0.3) is 5.91 Å². The van der Waals surface area contributed by atoms with Gasteiger partial charge in [-0.05, 0) is 30.4 Å². The van der Waals surface area contributed by atoms with E-state index in [9.17, 15) is 4.79 Å². The minimum Gasteiger partial charge on any atom is -0.373 e. The van der Waals surface area contributed by atoms with E-state index in [4.69, 9.17) is 4.74 Å². The summed E-state index contributed by atoms with van der Waals surface area (Å²) in [6.07, 6.45) is 2.45. The summed E-state index contributed by atoms with van der Waals surface area (Å²) in [5.74, 6) is 0.573. The normalized spacial score (nSPS) is 19.8. The average molecular weight is 233 g/mol. The van der Waals surface area contributed by atoms with Gasteiger partial charge in [-0.2, -0.15) is 0 Å². The van der Waals surface area contributed by atoms with E-state index in [-0.39, 0.29) is 5.91 Å². The molecule has 0 bridgehead atoms. The first kappa shape index (κ1) is 12.1. The fourth-order valence-corrected chi connectivity index (χ4v) is 2.05. The molecule has 92 valence electrons. The van der Waals surface area contributed by atoms with E-state index >= 15 is 0 Å². The molecule has 0 aliphatic carbocycles. The van der Waals surface area contributed by atoms with Crippen LogP contribution in [0.25, 0.3) is 0 Å². The van der Waals surface area contributed by atoms with Crippen LogP contribution in [-0.2, 0) is 11.2 Å². The van der Waals surface area contributed by atoms with Gasteiger partial charge in [0.1, 0.15) is 0 Å². The van der Waals surface area contributed by atoms with Crippen molar-refractivity contribution in [2.45, 2.75) is 25.9 Å². The maximum absolute atomic E-state index is 11.7. The van der Waals surface area contributed by atoms with Gasteiger partial charge in [-0.25, -0.2) is 0 Å². The number of benzene rings is 1. The third-order valence-electron chi connectivity index (χ3n) is 3.35. The number of hydrogen-bond donors (Lipinski definition) is 1. The van der Waals surface area contributed by atoms with Crippen LogP contribution in [0.1, 0.15) is 29.3 Å². The van der Waals surface area contributed by atoms with Gasteiger partial charge in [-0.3, -0.25) is 4.79 Å². The highest BCUT2D eigenvalue weighted by Gasteiger charge is 2.29. The Bertz CT molecular complexity index is 399. The summed E-state index contributed by atoms with van der Waals surface area (Å²) in [5, 5.41) is 2.68. The lowest BCUT2D eigenvalue weighted by Gasteiger charge is -2.11. The third kappa shape index (κ3) is 3.07. The number of ether oxygens (including phenoxy) is 1. The van der Waals surface area contributed by atoms with Gasteiger partial charge in [0.15, 0.2) is 0 Å². The smallest absolute Gasteiger partial charge is 0.251 e. The molecule has 1 amide bonds. The van der Waals surface area contributed by atoms with E-state index in [1.54, 1.807) is 7.05 Å². The fraction of sp³-hybridized carbons (Fsp3) is 0.500. The SMILES string of the molecule is CNC(=O)c1ccccc1CCC(C)C1CO1. The molecule has 1 saturated heterocycles. The van der Waals surface area contributed by atoms with Crippen molar-refractivity contribution in [2.75, 3.05) is 13.7 Å². The lowest BCUT2D eigenvalue weighted by atomic mass is 9.95. The second-order valence-corrected chi connectivity index (χ2v) is 4.62. The van der Waals surface area contributed by atoms with Crippen molar-refractivity contribution in [3.8, 4) is 0 Å². The summed E-state index contributed by atoms with van der Waals surface area (Å²) in [5.41, 5.74) is 1.92. The molecule has 2 atom stereocenters. The molecule has 0 spiro atoms. The van der Waals surface area contributed by atoms with E-state index in [2.05, 4.69) is 12.2 Å². The van der Waals surface area contributed by atoms with E-state index in [0.717, 1.165) is 30.6 Å². The molecule has 1 aromatic rings. The van der Waals surface area contributed by atoms with Crippen molar-refractivity contribution < 1.29 is 9.53 Å². The number of carbonyl (C=O) groups is 1. The van der Waals surface area contributed by atoms with Gasteiger partial charge < -0.3 is 10.1 Å². The van der Waals surface area contributed by atoms with Crippen LogP contribution < -0.4 is 5.32 Å². The largest absolute Gasteiger partial charge is 0.373 e. The molecule has 1 fully saturated rings. The van der Waals surface area contributed by atoms with Crippen molar-refractivity contribution in [1.82, 2.24) is 5.32 Å². The molecule has 3 heteroatoms. The van der Waals surface area contributed by atoms with Gasteiger partial charge in [-0.1, -0.05) is 25.1 Å². The molecule has 1 aliphatic heterocycles. The Morgan fingerprint density at radius 1 is 1.53 bits per heavy atom. The fourth-order valence-electron chi connectivity index (χ4n) is 2.05. The highest BCUT2D eigenvalue weighted by atomic mass is 16.6. The zero-order valence-corrected chi connectivity index (χ0v) is 10.4. The average Bonchev–Trinajstić information content (AvgIpc) is 3.19. The van der Waals surface area contributed by atoms with Crippen LogP contribution in [0.3, 0.4) is 0 Å². The Morgan fingerprint density at radius 2 is 2.24 bits per heavy atom. The maximum Gasteiger partial charge on any atom is 0.251 e. The van der Waals surface area contributed by atoms with Gasteiger partial charge in [0, 0.05) is 12.6 Å². The predicted octanol–water partition coefficient (Wildman–Crippen LogP) is 2.01. The van der Waals surface area contributed by atoms with Crippen LogP contribution in [0, 0.1) is 5.92 Å². The Balaban J connectivity index is 2.01.